The van der Waals surface area contributed by atoms with E-state index in [0.29, 0.717) is 22.9 Å². The fourth-order valence-electron chi connectivity index (χ4n) is 0.928. The van der Waals surface area contributed by atoms with E-state index in [4.69, 9.17) is 17.4 Å². The third kappa shape index (κ3) is 2.55. The lowest BCUT2D eigenvalue weighted by Gasteiger charge is -2.08. The number of nitrogens with two attached hydrogens (primary N) is 1. The topological polar surface area (TPSA) is 50.1 Å². The summed E-state index contributed by atoms with van der Waals surface area (Å²) in [5, 5.41) is 3.30. The van der Waals surface area contributed by atoms with E-state index >= 15 is 0 Å². The zero-order chi connectivity index (χ0) is 9.84. The van der Waals surface area contributed by atoms with E-state index in [2.05, 4.69) is 10.7 Å². The van der Waals surface area contributed by atoms with Crippen molar-refractivity contribution >= 4 is 17.3 Å². The van der Waals surface area contributed by atoms with Gasteiger partial charge in [-0.15, -0.1) is 0 Å². The molecule has 0 bridgehead atoms. The lowest BCUT2D eigenvalue weighted by molar-refractivity contribution is 0.618. The highest BCUT2D eigenvalue weighted by Gasteiger charge is 2.04. The summed E-state index contributed by atoms with van der Waals surface area (Å²) in [4.78, 5) is 0. The molecule has 0 atom stereocenters. The van der Waals surface area contributed by atoms with Gasteiger partial charge in [0, 0.05) is 0 Å². The number of anilines is 1. The quantitative estimate of drug-likeness (QED) is 0.398. The van der Waals surface area contributed by atoms with E-state index in [1.807, 2.05) is 0 Å². The number of halogens is 2. The molecule has 3 nitrogen and oxygen atoms in total. The molecular weight excluding hydrogens is 193 g/mol. The van der Waals surface area contributed by atoms with Crippen molar-refractivity contribution < 1.29 is 4.39 Å². The number of hydrogen-bond donors (Lipinski definition) is 3. The molecule has 1 rings (SSSR count). The summed E-state index contributed by atoms with van der Waals surface area (Å²) in [5.74, 6) is 4.76. The Balaban J connectivity index is 2.88. The van der Waals surface area contributed by atoms with Gasteiger partial charge in [-0.3, -0.25) is 5.84 Å². The maximum Gasteiger partial charge on any atom is 0.128 e. The van der Waals surface area contributed by atoms with Crippen molar-refractivity contribution in [3.8, 4) is 0 Å². The summed E-state index contributed by atoms with van der Waals surface area (Å²) < 4.78 is 13.0. The number of benzene rings is 1. The van der Waals surface area contributed by atoms with Crippen molar-refractivity contribution in [1.29, 1.82) is 0 Å². The summed E-state index contributed by atoms with van der Waals surface area (Å²) in [5.41, 5.74) is 3.44. The standard InChI is InChI=1S/C8H11ClFN3/c1-5-2-6(9)8(3-7(5)10)12-4-13-11/h2-3,12-13H,4,11H2,1H3. The van der Waals surface area contributed by atoms with Gasteiger partial charge in [-0.2, -0.15) is 0 Å². The van der Waals surface area contributed by atoms with Crippen LogP contribution in [0.4, 0.5) is 10.1 Å². The van der Waals surface area contributed by atoms with Crippen LogP contribution in [0, 0.1) is 12.7 Å². The van der Waals surface area contributed by atoms with E-state index in [1.165, 1.54) is 6.07 Å². The average molecular weight is 204 g/mol. The number of hydrogen-bond acceptors (Lipinski definition) is 3. The SMILES string of the molecule is Cc1cc(Cl)c(NCNN)cc1F. The van der Waals surface area contributed by atoms with Crippen molar-refractivity contribution in [2.24, 2.45) is 5.84 Å². The molecule has 0 aromatic heterocycles. The second kappa shape index (κ2) is 4.41. The van der Waals surface area contributed by atoms with Crippen LogP contribution in [0.5, 0.6) is 0 Å². The first-order valence-corrected chi connectivity index (χ1v) is 4.16. The Morgan fingerprint density at radius 1 is 1.54 bits per heavy atom. The van der Waals surface area contributed by atoms with E-state index in [-0.39, 0.29) is 5.82 Å². The molecule has 1 aromatic rings. The van der Waals surface area contributed by atoms with Gasteiger partial charge in [-0.25, -0.2) is 9.82 Å². The molecule has 0 aliphatic heterocycles. The Bertz CT molecular complexity index is 304. The fraction of sp³-hybridized carbons (Fsp3) is 0.250. The molecular formula is C8H11ClFN3. The maximum absolute atomic E-state index is 13.0. The largest absolute Gasteiger partial charge is 0.370 e. The van der Waals surface area contributed by atoms with Crippen LogP contribution in [-0.2, 0) is 0 Å². The van der Waals surface area contributed by atoms with Gasteiger partial charge in [0.15, 0.2) is 0 Å². The Labute approximate surface area is 81.0 Å². The molecule has 0 saturated carbocycles. The highest BCUT2D eigenvalue weighted by atomic mass is 35.5. The molecule has 0 aliphatic rings. The molecule has 0 radical (unpaired) electrons. The van der Waals surface area contributed by atoms with E-state index in [0.717, 1.165) is 0 Å². The predicted molar refractivity (Wildman–Crippen MR) is 52.0 cm³/mol. The molecule has 72 valence electrons. The molecule has 0 heterocycles. The second-order valence-electron chi connectivity index (χ2n) is 2.64. The Morgan fingerprint density at radius 2 is 2.23 bits per heavy atom. The predicted octanol–water partition coefficient (Wildman–Crippen LogP) is 1.62. The summed E-state index contributed by atoms with van der Waals surface area (Å²) in [6, 6.07) is 2.91. The van der Waals surface area contributed by atoms with Crippen molar-refractivity contribution in [2.45, 2.75) is 6.92 Å². The van der Waals surface area contributed by atoms with Gasteiger partial charge in [0.2, 0.25) is 0 Å². The summed E-state index contributed by atoms with van der Waals surface area (Å²) in [7, 11) is 0. The van der Waals surface area contributed by atoms with Crippen LogP contribution < -0.4 is 16.6 Å². The molecule has 0 fully saturated rings. The van der Waals surface area contributed by atoms with Crippen LogP contribution in [0.15, 0.2) is 12.1 Å². The summed E-state index contributed by atoms with van der Waals surface area (Å²) >= 11 is 5.84. The van der Waals surface area contributed by atoms with E-state index in [1.54, 1.807) is 13.0 Å². The van der Waals surface area contributed by atoms with Crippen LogP contribution in [-0.4, -0.2) is 6.67 Å². The number of rotatable bonds is 3. The number of aryl methyl sites for hydroxylation is 1. The summed E-state index contributed by atoms with van der Waals surface area (Å²) in [6.45, 7) is 1.99. The Kier molecular flexibility index (Phi) is 3.48. The summed E-state index contributed by atoms with van der Waals surface area (Å²) in [6.07, 6.45) is 0. The molecule has 13 heavy (non-hydrogen) atoms. The highest BCUT2D eigenvalue weighted by molar-refractivity contribution is 6.33. The maximum atomic E-state index is 13.0. The van der Waals surface area contributed by atoms with E-state index in [9.17, 15) is 4.39 Å². The lowest BCUT2D eigenvalue weighted by Crippen LogP contribution is -2.28. The van der Waals surface area contributed by atoms with Gasteiger partial charge in [-0.1, -0.05) is 11.6 Å². The van der Waals surface area contributed by atoms with Crippen molar-refractivity contribution in [3.05, 3.63) is 28.5 Å². The minimum absolute atomic E-state index is 0.288. The molecule has 5 heteroatoms. The third-order valence-corrected chi connectivity index (χ3v) is 1.94. The minimum Gasteiger partial charge on any atom is -0.370 e. The Morgan fingerprint density at radius 3 is 2.85 bits per heavy atom. The average Bonchev–Trinajstić information content (AvgIpc) is 2.09. The van der Waals surface area contributed by atoms with E-state index < -0.39 is 0 Å². The highest BCUT2D eigenvalue weighted by Crippen LogP contribution is 2.24. The van der Waals surface area contributed by atoms with Crippen molar-refractivity contribution in [2.75, 3.05) is 12.0 Å². The molecule has 0 saturated heterocycles. The zero-order valence-corrected chi connectivity index (χ0v) is 7.95. The van der Waals surface area contributed by atoms with Crippen LogP contribution in [0.1, 0.15) is 5.56 Å². The molecule has 0 amide bonds. The molecule has 0 unspecified atom stereocenters. The molecule has 0 aliphatic carbocycles. The van der Waals surface area contributed by atoms with Crippen LogP contribution in [0.3, 0.4) is 0 Å². The minimum atomic E-state index is -0.288. The number of hydrazine groups is 1. The van der Waals surface area contributed by atoms with Crippen molar-refractivity contribution in [3.63, 3.8) is 0 Å². The monoisotopic (exact) mass is 203 g/mol. The molecule has 1 aromatic carbocycles. The molecule has 0 spiro atoms. The Hall–Kier alpha value is -0.840. The first-order valence-electron chi connectivity index (χ1n) is 3.78. The van der Waals surface area contributed by atoms with Crippen LogP contribution >= 0.6 is 11.6 Å². The normalized spacial score (nSPS) is 10.2. The lowest BCUT2D eigenvalue weighted by atomic mass is 10.2. The van der Waals surface area contributed by atoms with Gasteiger partial charge in [0.05, 0.1) is 17.4 Å². The first-order chi connectivity index (χ1) is 6.15. The smallest absolute Gasteiger partial charge is 0.128 e. The third-order valence-electron chi connectivity index (χ3n) is 1.63. The van der Waals surface area contributed by atoms with Crippen LogP contribution in [0.2, 0.25) is 5.02 Å². The zero-order valence-electron chi connectivity index (χ0n) is 7.20. The fourth-order valence-corrected chi connectivity index (χ4v) is 1.21. The molecule has 4 N–H and O–H groups in total. The van der Waals surface area contributed by atoms with Gasteiger partial charge >= 0.3 is 0 Å². The van der Waals surface area contributed by atoms with Gasteiger partial charge in [0.25, 0.3) is 0 Å². The number of nitrogens with one attached hydrogen (secondary N) is 2. The second-order valence-corrected chi connectivity index (χ2v) is 3.05. The van der Waals surface area contributed by atoms with Gasteiger partial charge < -0.3 is 5.32 Å². The first kappa shape index (κ1) is 10.2. The van der Waals surface area contributed by atoms with Gasteiger partial charge in [0.1, 0.15) is 5.82 Å². The van der Waals surface area contributed by atoms with Crippen LogP contribution in [0.25, 0.3) is 0 Å². The van der Waals surface area contributed by atoms with Crippen molar-refractivity contribution in [1.82, 2.24) is 5.43 Å². The van der Waals surface area contributed by atoms with Gasteiger partial charge in [-0.05, 0) is 24.6 Å².